The molecule has 1 aromatic rings. The van der Waals surface area contributed by atoms with Gasteiger partial charge in [-0.05, 0) is 18.1 Å². The summed E-state index contributed by atoms with van der Waals surface area (Å²) in [6.07, 6.45) is 0. The van der Waals surface area contributed by atoms with Crippen molar-refractivity contribution in [3.8, 4) is 0 Å². The van der Waals surface area contributed by atoms with Gasteiger partial charge in [-0.1, -0.05) is 24.3 Å². The highest BCUT2D eigenvalue weighted by molar-refractivity contribution is 7.89. The van der Waals surface area contributed by atoms with Gasteiger partial charge in [0.2, 0.25) is 10.0 Å². The molecule has 4 nitrogen and oxygen atoms in total. The number of benzene rings is 1. The summed E-state index contributed by atoms with van der Waals surface area (Å²) in [6, 6.07) is 7.18. The van der Waals surface area contributed by atoms with Crippen LogP contribution in [0.5, 0.6) is 0 Å². The molecule has 0 fully saturated rings. The van der Waals surface area contributed by atoms with Gasteiger partial charge >= 0.3 is 0 Å². The zero-order valence-corrected chi connectivity index (χ0v) is 9.42. The predicted octanol–water partition coefficient (Wildman–Crippen LogP) is 0.618. The molecule has 0 aliphatic heterocycles. The minimum atomic E-state index is -3.15. The van der Waals surface area contributed by atoms with Crippen LogP contribution >= 0.6 is 0 Å². The van der Waals surface area contributed by atoms with Gasteiger partial charge in [0.25, 0.3) is 0 Å². The first-order valence-corrected chi connectivity index (χ1v) is 6.38. The minimum Gasteiger partial charge on any atom is -0.392 e. The third-order valence-electron chi connectivity index (χ3n) is 2.05. The number of sulfonamides is 1. The average molecular weight is 229 g/mol. The Balaban J connectivity index is 2.65. The second-order valence-corrected chi connectivity index (χ2v) is 5.30. The Bertz CT molecular complexity index is 414. The predicted molar refractivity (Wildman–Crippen MR) is 58.7 cm³/mol. The number of hydrogen-bond donors (Lipinski definition) is 2. The molecule has 1 aromatic carbocycles. The van der Waals surface area contributed by atoms with Crippen LogP contribution in [0.15, 0.2) is 24.3 Å². The molecule has 2 N–H and O–H groups in total. The first kappa shape index (κ1) is 12.2. The summed E-state index contributed by atoms with van der Waals surface area (Å²) in [5.74, 6) is 0.0761. The van der Waals surface area contributed by atoms with Gasteiger partial charge in [-0.25, -0.2) is 13.1 Å². The van der Waals surface area contributed by atoms with Crippen LogP contribution in [0.4, 0.5) is 0 Å². The lowest BCUT2D eigenvalue weighted by Crippen LogP contribution is -2.24. The first-order valence-electron chi connectivity index (χ1n) is 4.73. The molecular weight excluding hydrogens is 214 g/mol. The van der Waals surface area contributed by atoms with Crippen molar-refractivity contribution >= 4 is 10.0 Å². The highest BCUT2D eigenvalue weighted by Gasteiger charge is 2.05. The minimum absolute atomic E-state index is 0.0334. The van der Waals surface area contributed by atoms with Crippen molar-refractivity contribution in [2.24, 2.45) is 0 Å². The van der Waals surface area contributed by atoms with Gasteiger partial charge in [0.05, 0.1) is 12.4 Å². The fraction of sp³-hybridized carbons (Fsp3) is 0.400. The topological polar surface area (TPSA) is 66.4 Å². The summed E-state index contributed by atoms with van der Waals surface area (Å²) in [5.41, 5.74) is 1.63. The van der Waals surface area contributed by atoms with Crippen molar-refractivity contribution in [1.29, 1.82) is 0 Å². The van der Waals surface area contributed by atoms with Gasteiger partial charge in [-0.3, -0.25) is 0 Å². The van der Waals surface area contributed by atoms with Crippen LogP contribution in [-0.4, -0.2) is 19.3 Å². The van der Waals surface area contributed by atoms with E-state index in [0.717, 1.165) is 11.1 Å². The summed E-state index contributed by atoms with van der Waals surface area (Å²) in [7, 11) is -3.15. The Hall–Kier alpha value is -0.910. The molecule has 84 valence electrons. The van der Waals surface area contributed by atoms with Crippen LogP contribution < -0.4 is 4.72 Å². The summed E-state index contributed by atoms with van der Waals surface area (Å²) in [4.78, 5) is 0. The molecule has 0 aliphatic carbocycles. The Morgan fingerprint density at radius 1 is 1.33 bits per heavy atom. The van der Waals surface area contributed by atoms with Crippen molar-refractivity contribution in [3.05, 3.63) is 35.4 Å². The zero-order chi connectivity index (χ0) is 11.3. The van der Waals surface area contributed by atoms with E-state index < -0.39 is 10.0 Å². The van der Waals surface area contributed by atoms with E-state index in [4.69, 9.17) is 5.11 Å². The summed E-state index contributed by atoms with van der Waals surface area (Å²) in [5, 5.41) is 8.90. The first-order chi connectivity index (χ1) is 7.07. The lowest BCUT2D eigenvalue weighted by atomic mass is 10.1. The molecule has 0 saturated heterocycles. The largest absolute Gasteiger partial charge is 0.392 e. The van der Waals surface area contributed by atoms with Crippen LogP contribution in [0.2, 0.25) is 0 Å². The molecule has 5 heteroatoms. The van der Waals surface area contributed by atoms with E-state index in [9.17, 15) is 8.42 Å². The quantitative estimate of drug-likeness (QED) is 0.777. The molecule has 0 radical (unpaired) electrons. The Labute approximate surface area is 90.0 Å². The van der Waals surface area contributed by atoms with E-state index in [2.05, 4.69) is 4.72 Å². The van der Waals surface area contributed by atoms with Crippen LogP contribution in [0, 0.1) is 0 Å². The number of aliphatic hydroxyl groups excluding tert-OH is 1. The van der Waals surface area contributed by atoms with E-state index in [1.54, 1.807) is 25.1 Å². The molecule has 0 spiro atoms. The maximum Gasteiger partial charge on any atom is 0.211 e. The number of rotatable bonds is 5. The van der Waals surface area contributed by atoms with Crippen molar-refractivity contribution in [2.75, 3.05) is 5.75 Å². The van der Waals surface area contributed by atoms with Gasteiger partial charge in [0, 0.05) is 6.54 Å². The van der Waals surface area contributed by atoms with Crippen LogP contribution in [0.3, 0.4) is 0 Å². The monoisotopic (exact) mass is 229 g/mol. The van der Waals surface area contributed by atoms with E-state index in [0.29, 0.717) is 0 Å². The number of nitrogens with one attached hydrogen (secondary N) is 1. The molecule has 0 bridgehead atoms. The maximum atomic E-state index is 11.2. The van der Waals surface area contributed by atoms with E-state index in [-0.39, 0.29) is 18.9 Å². The highest BCUT2D eigenvalue weighted by atomic mass is 32.2. The second-order valence-electron chi connectivity index (χ2n) is 3.20. The zero-order valence-electron chi connectivity index (χ0n) is 8.60. The number of hydrogen-bond acceptors (Lipinski definition) is 3. The summed E-state index contributed by atoms with van der Waals surface area (Å²) in [6.45, 7) is 1.82. The molecule has 0 aliphatic rings. The van der Waals surface area contributed by atoms with Crippen LogP contribution in [0.25, 0.3) is 0 Å². The van der Waals surface area contributed by atoms with Gasteiger partial charge in [0.15, 0.2) is 0 Å². The van der Waals surface area contributed by atoms with Crippen molar-refractivity contribution in [1.82, 2.24) is 4.72 Å². The summed E-state index contributed by atoms with van der Waals surface area (Å²) >= 11 is 0. The molecule has 0 aromatic heterocycles. The summed E-state index contributed by atoms with van der Waals surface area (Å²) < 4.78 is 24.8. The molecule has 1 rings (SSSR count). The van der Waals surface area contributed by atoms with E-state index >= 15 is 0 Å². The Morgan fingerprint density at radius 2 is 2.00 bits per heavy atom. The normalized spacial score (nSPS) is 11.6. The van der Waals surface area contributed by atoms with Crippen LogP contribution in [-0.2, 0) is 23.2 Å². The maximum absolute atomic E-state index is 11.2. The van der Waals surface area contributed by atoms with Crippen molar-refractivity contribution < 1.29 is 13.5 Å². The third kappa shape index (κ3) is 3.99. The highest BCUT2D eigenvalue weighted by Crippen LogP contribution is 2.05. The molecule has 15 heavy (non-hydrogen) atoms. The van der Waals surface area contributed by atoms with Gasteiger partial charge < -0.3 is 5.11 Å². The fourth-order valence-corrected chi connectivity index (χ4v) is 1.72. The molecule has 0 amide bonds. The van der Waals surface area contributed by atoms with E-state index in [1.807, 2.05) is 6.07 Å². The Kier molecular flexibility index (Phi) is 4.26. The van der Waals surface area contributed by atoms with Gasteiger partial charge in [-0.15, -0.1) is 0 Å². The smallest absolute Gasteiger partial charge is 0.211 e. The van der Waals surface area contributed by atoms with Gasteiger partial charge in [-0.2, -0.15) is 0 Å². The van der Waals surface area contributed by atoms with Crippen molar-refractivity contribution in [3.63, 3.8) is 0 Å². The molecule has 0 saturated carbocycles. The Morgan fingerprint density at radius 3 is 2.60 bits per heavy atom. The second kappa shape index (κ2) is 5.25. The fourth-order valence-electron chi connectivity index (χ4n) is 1.13. The SMILES string of the molecule is CCS(=O)(=O)NCc1cccc(CO)c1. The molecule has 0 unspecified atom stereocenters. The number of aliphatic hydroxyl groups is 1. The lowest BCUT2D eigenvalue weighted by molar-refractivity contribution is 0.281. The third-order valence-corrected chi connectivity index (χ3v) is 3.39. The molecular formula is C10H15NO3S. The van der Waals surface area contributed by atoms with Crippen LogP contribution in [0.1, 0.15) is 18.1 Å². The molecule has 0 atom stereocenters. The lowest BCUT2D eigenvalue weighted by Gasteiger charge is -2.05. The van der Waals surface area contributed by atoms with Crippen molar-refractivity contribution in [2.45, 2.75) is 20.1 Å². The van der Waals surface area contributed by atoms with E-state index in [1.165, 1.54) is 0 Å². The van der Waals surface area contributed by atoms with Gasteiger partial charge in [0.1, 0.15) is 0 Å². The average Bonchev–Trinajstić information content (AvgIpc) is 2.27. The standard InChI is InChI=1S/C10H15NO3S/c1-2-15(13,14)11-7-9-4-3-5-10(6-9)8-12/h3-6,11-12H,2,7-8H2,1H3. The molecule has 0 heterocycles.